The number of nitrogens with two attached hydrogens (primary N) is 1. The summed E-state index contributed by atoms with van der Waals surface area (Å²) in [7, 11) is -3.69. The Morgan fingerprint density at radius 1 is 1.00 bits per heavy atom. The molecule has 0 atom stereocenters. The van der Waals surface area contributed by atoms with Gasteiger partial charge in [0.05, 0.1) is 17.0 Å². The van der Waals surface area contributed by atoms with Crippen molar-refractivity contribution in [3.05, 3.63) is 65.9 Å². The number of hydrogen-bond acceptors (Lipinski definition) is 6. The maximum atomic E-state index is 13.3. The molecule has 1 amide bonds. The Hall–Kier alpha value is -2.43. The molecule has 3 aromatic rings. The van der Waals surface area contributed by atoms with Crippen molar-refractivity contribution in [1.82, 2.24) is 19.2 Å². The Balaban J connectivity index is 0.00000289. The fraction of sp³-hybridized carbons (Fsp3) is 0.318. The first-order chi connectivity index (χ1) is 14.9. The normalized spacial score (nSPS) is 15.4. The van der Waals surface area contributed by atoms with Crippen LogP contribution in [0.1, 0.15) is 11.1 Å². The Kier molecular flexibility index (Phi) is 7.58. The molecule has 1 aromatic heterocycles. The van der Waals surface area contributed by atoms with E-state index >= 15 is 0 Å². The molecule has 8 nitrogen and oxygen atoms in total. The summed E-state index contributed by atoms with van der Waals surface area (Å²) >= 11 is 0. The van der Waals surface area contributed by atoms with E-state index in [-0.39, 0.29) is 23.2 Å². The number of halogens is 1. The zero-order valence-corrected chi connectivity index (χ0v) is 19.5. The molecule has 1 aliphatic heterocycles. The maximum absolute atomic E-state index is 13.3. The largest absolute Gasteiger partial charge is 0.296 e. The molecule has 0 saturated carbocycles. The van der Waals surface area contributed by atoms with E-state index in [0.717, 1.165) is 42.7 Å². The summed E-state index contributed by atoms with van der Waals surface area (Å²) in [6.07, 6.45) is 1.74. The molecule has 1 saturated heterocycles. The van der Waals surface area contributed by atoms with Gasteiger partial charge in [0.15, 0.2) is 0 Å². The number of hydrazine groups is 1. The van der Waals surface area contributed by atoms with Gasteiger partial charge in [-0.15, -0.1) is 12.4 Å². The molecule has 1 fully saturated rings. The highest BCUT2D eigenvalue weighted by molar-refractivity contribution is 7.90. The molecule has 0 radical (unpaired) electrons. The molecular formula is C22H28ClN5O3S. The second-order valence-corrected chi connectivity index (χ2v) is 9.72. The zero-order valence-electron chi connectivity index (χ0n) is 17.9. The molecule has 0 bridgehead atoms. The number of rotatable bonds is 6. The van der Waals surface area contributed by atoms with Crippen molar-refractivity contribution in [3.8, 4) is 0 Å². The number of carbonyl (C=O) groups is 1. The first kappa shape index (κ1) is 24.2. The van der Waals surface area contributed by atoms with Crippen molar-refractivity contribution in [2.45, 2.75) is 18.4 Å². The lowest BCUT2D eigenvalue weighted by atomic mass is 10.1. The van der Waals surface area contributed by atoms with Crippen LogP contribution < -0.4 is 11.3 Å². The lowest BCUT2D eigenvalue weighted by Crippen LogP contribution is -2.49. The highest BCUT2D eigenvalue weighted by Gasteiger charge is 2.23. The minimum Gasteiger partial charge on any atom is -0.296 e. The second-order valence-electron chi connectivity index (χ2n) is 7.91. The standard InChI is InChI=1S/C22H27N5O3S.ClH/c1-17-6-8-19(9-7-17)31(29,30)27-15-18(20-4-2-3-5-21(20)27)14-25-10-12-26(13-11-25)16-22(28)24-23;/h2-9,15H,10-14,16,23H2,1H3,(H,24,28);1H. The van der Waals surface area contributed by atoms with E-state index in [2.05, 4.69) is 15.2 Å². The van der Waals surface area contributed by atoms with Gasteiger partial charge in [0.1, 0.15) is 0 Å². The van der Waals surface area contributed by atoms with Gasteiger partial charge in [-0.3, -0.25) is 20.0 Å². The third kappa shape index (κ3) is 4.97. The molecule has 0 unspecified atom stereocenters. The topological polar surface area (TPSA) is 101 Å². The molecule has 0 spiro atoms. The molecule has 172 valence electrons. The number of benzene rings is 2. The predicted molar refractivity (Wildman–Crippen MR) is 127 cm³/mol. The van der Waals surface area contributed by atoms with Crippen LogP contribution in [0.25, 0.3) is 10.9 Å². The molecule has 2 heterocycles. The van der Waals surface area contributed by atoms with E-state index in [9.17, 15) is 13.2 Å². The fourth-order valence-electron chi connectivity index (χ4n) is 3.96. The van der Waals surface area contributed by atoms with Gasteiger partial charge < -0.3 is 0 Å². The lowest BCUT2D eigenvalue weighted by molar-refractivity contribution is -0.122. The second kappa shape index (κ2) is 10.0. The van der Waals surface area contributed by atoms with Crippen LogP contribution in [0.3, 0.4) is 0 Å². The van der Waals surface area contributed by atoms with Crippen LogP contribution in [0.4, 0.5) is 0 Å². The number of aromatic nitrogens is 1. The van der Waals surface area contributed by atoms with Crippen LogP contribution in [-0.2, 0) is 21.4 Å². The number of aryl methyl sites for hydroxylation is 1. The monoisotopic (exact) mass is 477 g/mol. The third-order valence-corrected chi connectivity index (χ3v) is 7.41. The summed E-state index contributed by atoms with van der Waals surface area (Å²) in [6, 6.07) is 14.5. The molecule has 2 aromatic carbocycles. The highest BCUT2D eigenvalue weighted by Crippen LogP contribution is 2.27. The van der Waals surface area contributed by atoms with Crippen molar-refractivity contribution in [1.29, 1.82) is 0 Å². The minimum absolute atomic E-state index is 0. The van der Waals surface area contributed by atoms with Gasteiger partial charge in [-0.05, 0) is 30.7 Å². The molecule has 3 N–H and O–H groups in total. The van der Waals surface area contributed by atoms with E-state index in [1.807, 2.05) is 43.3 Å². The Morgan fingerprint density at radius 3 is 2.28 bits per heavy atom. The van der Waals surface area contributed by atoms with Gasteiger partial charge >= 0.3 is 0 Å². The number of hydrogen-bond donors (Lipinski definition) is 2. The van der Waals surface area contributed by atoms with E-state index in [1.165, 1.54) is 3.97 Å². The predicted octanol–water partition coefficient (Wildman–Crippen LogP) is 1.72. The number of fused-ring (bicyclic) bond motifs is 1. The van der Waals surface area contributed by atoms with Gasteiger partial charge in [0.2, 0.25) is 5.91 Å². The van der Waals surface area contributed by atoms with Crippen molar-refractivity contribution in [3.63, 3.8) is 0 Å². The lowest BCUT2D eigenvalue weighted by Gasteiger charge is -2.34. The van der Waals surface area contributed by atoms with Crippen LogP contribution in [0.2, 0.25) is 0 Å². The van der Waals surface area contributed by atoms with Crippen LogP contribution in [0.5, 0.6) is 0 Å². The number of nitrogens with zero attached hydrogens (tertiary/aromatic N) is 3. The number of carbonyl (C=O) groups excluding carboxylic acids is 1. The number of amides is 1. The third-order valence-electron chi connectivity index (χ3n) is 5.73. The van der Waals surface area contributed by atoms with Crippen molar-refractivity contribution < 1.29 is 13.2 Å². The summed E-state index contributed by atoms with van der Waals surface area (Å²) in [5.41, 5.74) is 4.83. The molecule has 10 heteroatoms. The maximum Gasteiger partial charge on any atom is 0.268 e. The molecule has 1 aliphatic rings. The fourth-order valence-corrected chi connectivity index (χ4v) is 5.35. The van der Waals surface area contributed by atoms with E-state index in [0.29, 0.717) is 18.6 Å². The van der Waals surface area contributed by atoms with Gasteiger partial charge in [0.25, 0.3) is 10.0 Å². The summed E-state index contributed by atoms with van der Waals surface area (Å²) < 4.78 is 28.1. The van der Waals surface area contributed by atoms with E-state index < -0.39 is 10.0 Å². The van der Waals surface area contributed by atoms with E-state index in [1.54, 1.807) is 18.3 Å². The molecular weight excluding hydrogens is 450 g/mol. The average molecular weight is 478 g/mol. The zero-order chi connectivity index (χ0) is 22.0. The summed E-state index contributed by atoms with van der Waals surface area (Å²) in [5.74, 6) is 4.97. The quantitative estimate of drug-likeness (QED) is 0.318. The first-order valence-corrected chi connectivity index (χ1v) is 11.7. The first-order valence-electron chi connectivity index (χ1n) is 10.2. The molecule has 32 heavy (non-hydrogen) atoms. The number of para-hydroxylation sites is 1. The SMILES string of the molecule is Cc1ccc(S(=O)(=O)n2cc(CN3CCN(CC(=O)NN)CC3)c3ccccc32)cc1.Cl. The van der Waals surface area contributed by atoms with Gasteiger partial charge in [-0.1, -0.05) is 35.9 Å². The van der Waals surface area contributed by atoms with Crippen molar-refractivity contribution >= 4 is 39.2 Å². The molecule has 0 aliphatic carbocycles. The van der Waals surface area contributed by atoms with Gasteiger partial charge in [-0.2, -0.15) is 0 Å². The Morgan fingerprint density at radius 2 is 1.62 bits per heavy atom. The van der Waals surface area contributed by atoms with Crippen LogP contribution in [0, 0.1) is 6.92 Å². The van der Waals surface area contributed by atoms with Gasteiger partial charge in [0, 0.05) is 44.3 Å². The summed E-state index contributed by atoms with van der Waals surface area (Å²) in [6.45, 7) is 5.97. The Labute approximate surface area is 194 Å². The van der Waals surface area contributed by atoms with Crippen LogP contribution in [0.15, 0.2) is 59.6 Å². The van der Waals surface area contributed by atoms with Gasteiger partial charge in [-0.25, -0.2) is 18.2 Å². The van der Waals surface area contributed by atoms with Crippen molar-refractivity contribution in [2.24, 2.45) is 5.84 Å². The van der Waals surface area contributed by atoms with Crippen LogP contribution in [-0.4, -0.2) is 60.8 Å². The van der Waals surface area contributed by atoms with Crippen molar-refractivity contribution in [2.75, 3.05) is 32.7 Å². The number of nitrogens with one attached hydrogen (secondary N) is 1. The van der Waals surface area contributed by atoms with E-state index in [4.69, 9.17) is 5.84 Å². The number of piperazine rings is 1. The smallest absolute Gasteiger partial charge is 0.268 e. The summed E-state index contributed by atoms with van der Waals surface area (Å²) in [4.78, 5) is 16.1. The molecule has 4 rings (SSSR count). The average Bonchev–Trinajstić information content (AvgIpc) is 3.14. The van der Waals surface area contributed by atoms with Crippen LogP contribution >= 0.6 is 12.4 Å². The minimum atomic E-state index is -3.69. The summed E-state index contributed by atoms with van der Waals surface area (Å²) in [5, 5.41) is 0.933. The highest BCUT2D eigenvalue weighted by atomic mass is 35.5. The Bertz CT molecular complexity index is 1190.